The number of hydrogen-bond donors (Lipinski definition) is 2. The summed E-state index contributed by atoms with van der Waals surface area (Å²) in [7, 11) is 0. The van der Waals surface area contributed by atoms with Crippen LogP contribution in [0.3, 0.4) is 0 Å². The Morgan fingerprint density at radius 1 is 0.871 bits per heavy atom. The Hall–Kier alpha value is -3.67. The molecule has 0 aromatic heterocycles. The van der Waals surface area contributed by atoms with E-state index in [0.29, 0.717) is 24.2 Å². The van der Waals surface area contributed by atoms with Crippen molar-refractivity contribution in [1.29, 1.82) is 5.41 Å². The second-order valence-electron chi connectivity index (χ2n) is 7.01. The summed E-state index contributed by atoms with van der Waals surface area (Å²) < 4.78 is 10.4. The van der Waals surface area contributed by atoms with E-state index in [-0.39, 0.29) is 12.5 Å². The van der Waals surface area contributed by atoms with E-state index >= 15 is 0 Å². The second kappa shape index (κ2) is 10.4. The van der Waals surface area contributed by atoms with Gasteiger partial charge >= 0.3 is 5.97 Å². The molecule has 0 aliphatic rings. The summed E-state index contributed by atoms with van der Waals surface area (Å²) in [6.45, 7) is 4.12. The molecule has 1 atom stereocenters. The molecule has 1 amide bonds. The molecular formula is C25H26N2O4. The van der Waals surface area contributed by atoms with Gasteiger partial charge < -0.3 is 14.8 Å². The van der Waals surface area contributed by atoms with Gasteiger partial charge in [-0.25, -0.2) is 4.79 Å². The van der Waals surface area contributed by atoms with Gasteiger partial charge in [0.1, 0.15) is 6.04 Å². The summed E-state index contributed by atoms with van der Waals surface area (Å²) >= 11 is 0. The molecule has 0 radical (unpaired) electrons. The molecule has 6 nitrogen and oxygen atoms in total. The van der Waals surface area contributed by atoms with Crippen LogP contribution in [0, 0.1) is 5.41 Å². The number of fused-ring (bicyclic) bond motifs is 1. The Balaban J connectivity index is 1.80. The van der Waals surface area contributed by atoms with Gasteiger partial charge in [0.15, 0.2) is 0 Å². The highest BCUT2D eigenvalue weighted by molar-refractivity contribution is 6.00. The number of carbonyl (C=O) groups is 2. The van der Waals surface area contributed by atoms with Crippen LogP contribution in [-0.2, 0) is 20.7 Å². The van der Waals surface area contributed by atoms with E-state index in [4.69, 9.17) is 14.9 Å². The van der Waals surface area contributed by atoms with Crippen LogP contribution in [0.4, 0.5) is 0 Å². The average Bonchev–Trinajstić information content (AvgIpc) is 2.79. The van der Waals surface area contributed by atoms with Crippen molar-refractivity contribution >= 4 is 28.5 Å². The van der Waals surface area contributed by atoms with Crippen molar-refractivity contribution in [3.63, 3.8) is 0 Å². The van der Waals surface area contributed by atoms with Gasteiger partial charge in [0.05, 0.1) is 13.2 Å². The topological polar surface area (TPSA) is 88.5 Å². The van der Waals surface area contributed by atoms with Gasteiger partial charge in [-0.3, -0.25) is 10.2 Å². The number of nitrogens with one attached hydrogen (secondary N) is 2. The monoisotopic (exact) mass is 418 g/mol. The lowest BCUT2D eigenvalue weighted by Gasteiger charge is -2.18. The van der Waals surface area contributed by atoms with Crippen molar-refractivity contribution in [3.8, 4) is 0 Å². The largest absolute Gasteiger partial charge is 0.478 e. The molecule has 3 aromatic rings. The van der Waals surface area contributed by atoms with Crippen molar-refractivity contribution in [3.05, 3.63) is 83.4 Å². The molecule has 31 heavy (non-hydrogen) atoms. The molecule has 0 saturated heterocycles. The minimum atomic E-state index is -0.830. The van der Waals surface area contributed by atoms with E-state index in [1.54, 1.807) is 38.1 Å². The van der Waals surface area contributed by atoms with Crippen LogP contribution in [0.1, 0.15) is 35.3 Å². The van der Waals surface area contributed by atoms with Crippen LogP contribution in [0.5, 0.6) is 0 Å². The molecular weight excluding hydrogens is 392 g/mol. The lowest BCUT2D eigenvalue weighted by Crippen LogP contribution is -2.43. The molecule has 0 unspecified atom stereocenters. The molecule has 0 fully saturated rings. The van der Waals surface area contributed by atoms with Crippen molar-refractivity contribution in [2.75, 3.05) is 13.2 Å². The molecule has 2 N–H and O–H groups in total. The Bertz CT molecular complexity index is 1090. The number of benzene rings is 3. The van der Waals surface area contributed by atoms with Crippen molar-refractivity contribution < 1.29 is 19.1 Å². The van der Waals surface area contributed by atoms with Crippen LogP contribution in [0.2, 0.25) is 0 Å². The standard InChI is InChI=1S/C25H26N2O4/c1-3-30-23(26)20-10-7-11-21(16-20)24(28)27-22(25(29)31-4-2)15-17-12-13-18-8-5-6-9-19(18)14-17/h5-14,16,22,26H,3-4,15H2,1-2H3,(H,27,28)/t22-/m1/s1. The highest BCUT2D eigenvalue weighted by Crippen LogP contribution is 2.17. The first-order valence-electron chi connectivity index (χ1n) is 10.3. The Morgan fingerprint density at radius 2 is 1.58 bits per heavy atom. The zero-order valence-corrected chi connectivity index (χ0v) is 17.7. The molecule has 6 heteroatoms. The lowest BCUT2D eigenvalue weighted by molar-refractivity contribution is -0.145. The molecule has 0 aliphatic carbocycles. The van der Waals surface area contributed by atoms with Crippen LogP contribution in [0.25, 0.3) is 10.8 Å². The minimum absolute atomic E-state index is 0.00439. The van der Waals surface area contributed by atoms with Gasteiger partial charge in [0, 0.05) is 17.5 Å². The Labute approximate surface area is 181 Å². The number of carbonyl (C=O) groups excluding carboxylic acids is 2. The molecule has 0 spiro atoms. The molecule has 0 heterocycles. The van der Waals surface area contributed by atoms with Crippen LogP contribution < -0.4 is 5.32 Å². The van der Waals surface area contributed by atoms with Gasteiger partial charge in [-0.05, 0) is 48.4 Å². The Kier molecular flexibility index (Phi) is 7.38. The lowest BCUT2D eigenvalue weighted by atomic mass is 10.0. The summed E-state index contributed by atoms with van der Waals surface area (Å²) in [5, 5.41) is 12.9. The number of amides is 1. The fourth-order valence-corrected chi connectivity index (χ4v) is 3.31. The van der Waals surface area contributed by atoms with E-state index in [9.17, 15) is 9.59 Å². The summed E-state index contributed by atoms with van der Waals surface area (Å²) in [5.74, 6) is -0.900. The third kappa shape index (κ3) is 5.69. The maximum absolute atomic E-state index is 12.9. The zero-order chi connectivity index (χ0) is 22.2. The van der Waals surface area contributed by atoms with E-state index in [1.807, 2.05) is 42.5 Å². The first kappa shape index (κ1) is 22.0. The van der Waals surface area contributed by atoms with Gasteiger partial charge in [-0.15, -0.1) is 0 Å². The molecule has 0 bridgehead atoms. The SMILES string of the molecule is CCOC(=N)c1cccc(C(=O)N[C@H](Cc2ccc3ccccc3c2)C(=O)OCC)c1. The smallest absolute Gasteiger partial charge is 0.328 e. The first-order chi connectivity index (χ1) is 15.0. The predicted octanol–water partition coefficient (Wildman–Crippen LogP) is 4.11. The average molecular weight is 418 g/mol. The quantitative estimate of drug-likeness (QED) is 0.327. The Morgan fingerprint density at radius 3 is 2.32 bits per heavy atom. The second-order valence-corrected chi connectivity index (χ2v) is 7.01. The van der Waals surface area contributed by atoms with Gasteiger partial charge in [-0.2, -0.15) is 0 Å². The fourth-order valence-electron chi connectivity index (χ4n) is 3.31. The van der Waals surface area contributed by atoms with Gasteiger partial charge in [-0.1, -0.05) is 48.5 Å². The fraction of sp³-hybridized carbons (Fsp3) is 0.240. The highest BCUT2D eigenvalue weighted by atomic mass is 16.5. The number of esters is 1. The van der Waals surface area contributed by atoms with E-state index in [2.05, 4.69) is 5.32 Å². The molecule has 160 valence electrons. The van der Waals surface area contributed by atoms with Gasteiger partial charge in [0.25, 0.3) is 5.91 Å². The molecule has 0 aliphatic heterocycles. The van der Waals surface area contributed by atoms with Crippen molar-refractivity contribution in [2.24, 2.45) is 0 Å². The third-order valence-electron chi connectivity index (χ3n) is 4.81. The number of rotatable bonds is 8. The maximum atomic E-state index is 12.9. The minimum Gasteiger partial charge on any atom is -0.478 e. The summed E-state index contributed by atoms with van der Waals surface area (Å²) in [6, 6.07) is 19.7. The van der Waals surface area contributed by atoms with Gasteiger partial charge in [0.2, 0.25) is 5.90 Å². The molecule has 0 saturated carbocycles. The predicted molar refractivity (Wildman–Crippen MR) is 120 cm³/mol. The summed E-state index contributed by atoms with van der Waals surface area (Å²) in [4.78, 5) is 25.4. The van der Waals surface area contributed by atoms with Crippen LogP contribution in [0.15, 0.2) is 66.7 Å². The maximum Gasteiger partial charge on any atom is 0.328 e. The van der Waals surface area contributed by atoms with Crippen molar-refractivity contribution in [1.82, 2.24) is 5.32 Å². The van der Waals surface area contributed by atoms with Crippen LogP contribution in [-0.4, -0.2) is 37.0 Å². The molecule has 3 rings (SSSR count). The highest BCUT2D eigenvalue weighted by Gasteiger charge is 2.23. The summed E-state index contributed by atoms with van der Waals surface area (Å²) in [5.41, 5.74) is 1.76. The van der Waals surface area contributed by atoms with E-state index in [1.165, 1.54) is 0 Å². The van der Waals surface area contributed by atoms with E-state index < -0.39 is 17.9 Å². The third-order valence-corrected chi connectivity index (χ3v) is 4.81. The van der Waals surface area contributed by atoms with Crippen LogP contribution >= 0.6 is 0 Å². The summed E-state index contributed by atoms with van der Waals surface area (Å²) in [6.07, 6.45) is 0.309. The molecule has 3 aromatic carbocycles. The van der Waals surface area contributed by atoms with E-state index in [0.717, 1.165) is 16.3 Å². The number of ether oxygens (including phenoxy) is 2. The normalized spacial score (nSPS) is 11.5. The zero-order valence-electron chi connectivity index (χ0n) is 17.7. The number of hydrogen-bond acceptors (Lipinski definition) is 5. The first-order valence-corrected chi connectivity index (χ1v) is 10.3. The van der Waals surface area contributed by atoms with Crippen molar-refractivity contribution in [2.45, 2.75) is 26.3 Å².